The lowest BCUT2D eigenvalue weighted by Gasteiger charge is -2.21. The zero-order valence-electron chi connectivity index (χ0n) is 12.4. The van der Waals surface area contributed by atoms with Gasteiger partial charge in [-0.25, -0.2) is 0 Å². The highest BCUT2D eigenvalue weighted by molar-refractivity contribution is 5.47. The van der Waals surface area contributed by atoms with Crippen LogP contribution in [0, 0.1) is 0 Å². The maximum Gasteiger partial charge on any atom is 0.0637 e. The van der Waals surface area contributed by atoms with E-state index in [-0.39, 0.29) is 11.5 Å². The number of nitrogens with one attached hydrogen (secondary N) is 1. The van der Waals surface area contributed by atoms with Gasteiger partial charge in [-0.1, -0.05) is 32.9 Å². The Kier molecular flexibility index (Phi) is 4.40. The number of aromatic nitrogens is 1. The van der Waals surface area contributed by atoms with Crippen molar-refractivity contribution in [3.05, 3.63) is 59.9 Å². The average Bonchev–Trinajstić information content (AvgIpc) is 2.45. The first-order valence-electron chi connectivity index (χ1n) is 6.98. The van der Waals surface area contributed by atoms with E-state index in [9.17, 15) is 0 Å². The van der Waals surface area contributed by atoms with E-state index in [0.29, 0.717) is 6.54 Å². The molecule has 0 spiro atoms. The van der Waals surface area contributed by atoms with Crippen LogP contribution in [-0.4, -0.2) is 11.5 Å². The molecule has 0 amide bonds. The topological polar surface area (TPSA) is 50.9 Å². The number of hydrogen-bond acceptors (Lipinski definition) is 3. The molecule has 1 heterocycles. The molecule has 0 fully saturated rings. The number of anilines is 1. The van der Waals surface area contributed by atoms with Crippen LogP contribution in [0.2, 0.25) is 0 Å². The van der Waals surface area contributed by atoms with Crippen LogP contribution in [0.25, 0.3) is 0 Å². The number of nitrogens with two attached hydrogens (primary N) is 1. The normalized spacial score (nSPS) is 13.0. The van der Waals surface area contributed by atoms with Gasteiger partial charge >= 0.3 is 0 Å². The highest BCUT2D eigenvalue weighted by Gasteiger charge is 2.14. The summed E-state index contributed by atoms with van der Waals surface area (Å²) in [6, 6.07) is 12.7. The molecule has 106 valence electrons. The van der Waals surface area contributed by atoms with Crippen LogP contribution in [-0.2, 0) is 5.41 Å². The standard InChI is InChI=1S/C17H23N3/c1-17(2,3)14-4-6-15(7-5-14)20-16(12-18)13-8-10-19-11-9-13/h4-11,16,20H,12,18H2,1-3H3. The summed E-state index contributed by atoms with van der Waals surface area (Å²) in [5.74, 6) is 0. The Morgan fingerprint density at radius 3 is 2.15 bits per heavy atom. The van der Waals surface area contributed by atoms with Gasteiger partial charge in [0.05, 0.1) is 6.04 Å². The minimum Gasteiger partial charge on any atom is -0.377 e. The zero-order valence-corrected chi connectivity index (χ0v) is 12.4. The van der Waals surface area contributed by atoms with Gasteiger partial charge in [0.2, 0.25) is 0 Å². The third-order valence-electron chi connectivity index (χ3n) is 3.44. The smallest absolute Gasteiger partial charge is 0.0637 e. The molecule has 3 heteroatoms. The van der Waals surface area contributed by atoms with E-state index in [2.05, 4.69) is 55.3 Å². The summed E-state index contributed by atoms with van der Waals surface area (Å²) in [4.78, 5) is 4.04. The van der Waals surface area contributed by atoms with Crippen molar-refractivity contribution < 1.29 is 0 Å². The lowest BCUT2D eigenvalue weighted by molar-refractivity contribution is 0.590. The van der Waals surface area contributed by atoms with Crippen LogP contribution >= 0.6 is 0 Å². The maximum atomic E-state index is 5.87. The van der Waals surface area contributed by atoms with E-state index >= 15 is 0 Å². The maximum absolute atomic E-state index is 5.87. The van der Waals surface area contributed by atoms with Gasteiger partial charge < -0.3 is 11.1 Å². The number of hydrogen-bond donors (Lipinski definition) is 2. The molecule has 0 saturated carbocycles. The summed E-state index contributed by atoms with van der Waals surface area (Å²) >= 11 is 0. The van der Waals surface area contributed by atoms with Gasteiger partial charge in [0.25, 0.3) is 0 Å². The fraction of sp³-hybridized carbons (Fsp3) is 0.353. The quantitative estimate of drug-likeness (QED) is 0.893. The molecule has 0 saturated heterocycles. The Morgan fingerprint density at radius 1 is 1.05 bits per heavy atom. The first kappa shape index (κ1) is 14.5. The van der Waals surface area contributed by atoms with Gasteiger partial charge in [-0.3, -0.25) is 4.98 Å². The molecule has 3 N–H and O–H groups in total. The Morgan fingerprint density at radius 2 is 1.65 bits per heavy atom. The molecule has 1 aromatic heterocycles. The highest BCUT2D eigenvalue weighted by Crippen LogP contribution is 2.25. The first-order valence-corrected chi connectivity index (χ1v) is 6.98. The molecule has 0 aliphatic rings. The second-order valence-corrected chi connectivity index (χ2v) is 6.04. The molecular formula is C17H23N3. The van der Waals surface area contributed by atoms with E-state index < -0.39 is 0 Å². The van der Waals surface area contributed by atoms with Gasteiger partial charge in [-0.05, 0) is 40.8 Å². The van der Waals surface area contributed by atoms with Crippen LogP contribution in [0.3, 0.4) is 0 Å². The summed E-state index contributed by atoms with van der Waals surface area (Å²) in [5, 5.41) is 3.47. The van der Waals surface area contributed by atoms with Gasteiger partial charge in [-0.15, -0.1) is 0 Å². The summed E-state index contributed by atoms with van der Waals surface area (Å²) < 4.78 is 0. The van der Waals surface area contributed by atoms with Crippen molar-refractivity contribution in [1.29, 1.82) is 0 Å². The van der Waals surface area contributed by atoms with E-state index in [0.717, 1.165) is 11.3 Å². The molecule has 2 rings (SSSR count). The third kappa shape index (κ3) is 3.58. The molecule has 1 unspecified atom stereocenters. The van der Waals surface area contributed by atoms with Crippen LogP contribution in [0.15, 0.2) is 48.8 Å². The number of pyridine rings is 1. The Hall–Kier alpha value is -1.87. The number of benzene rings is 1. The minimum atomic E-state index is 0.110. The molecule has 1 aromatic carbocycles. The molecule has 3 nitrogen and oxygen atoms in total. The molecular weight excluding hydrogens is 246 g/mol. The van der Waals surface area contributed by atoms with E-state index in [1.807, 2.05) is 12.1 Å². The average molecular weight is 269 g/mol. The molecule has 0 aliphatic carbocycles. The molecule has 0 radical (unpaired) electrons. The summed E-state index contributed by atoms with van der Waals surface area (Å²) in [7, 11) is 0. The number of nitrogens with zero attached hydrogens (tertiary/aromatic N) is 1. The second-order valence-electron chi connectivity index (χ2n) is 6.04. The van der Waals surface area contributed by atoms with Crippen molar-refractivity contribution in [3.8, 4) is 0 Å². The van der Waals surface area contributed by atoms with E-state index in [1.165, 1.54) is 5.56 Å². The Balaban J connectivity index is 2.13. The van der Waals surface area contributed by atoms with Crippen LogP contribution in [0.1, 0.15) is 37.9 Å². The monoisotopic (exact) mass is 269 g/mol. The van der Waals surface area contributed by atoms with Crippen molar-refractivity contribution in [2.45, 2.75) is 32.2 Å². The van der Waals surface area contributed by atoms with Gasteiger partial charge in [0, 0.05) is 24.6 Å². The Labute approximate surface area is 121 Å². The van der Waals surface area contributed by atoms with Crippen molar-refractivity contribution in [2.24, 2.45) is 5.73 Å². The van der Waals surface area contributed by atoms with Gasteiger partial charge in [0.15, 0.2) is 0 Å². The van der Waals surface area contributed by atoms with Crippen LogP contribution in [0.4, 0.5) is 5.69 Å². The van der Waals surface area contributed by atoms with Crippen LogP contribution < -0.4 is 11.1 Å². The van der Waals surface area contributed by atoms with Crippen molar-refractivity contribution >= 4 is 5.69 Å². The highest BCUT2D eigenvalue weighted by atomic mass is 14.9. The lowest BCUT2D eigenvalue weighted by atomic mass is 9.87. The van der Waals surface area contributed by atoms with Crippen molar-refractivity contribution in [1.82, 2.24) is 4.98 Å². The van der Waals surface area contributed by atoms with Crippen molar-refractivity contribution in [2.75, 3.05) is 11.9 Å². The van der Waals surface area contributed by atoms with Crippen LogP contribution in [0.5, 0.6) is 0 Å². The SMILES string of the molecule is CC(C)(C)c1ccc(NC(CN)c2ccncc2)cc1. The first-order chi connectivity index (χ1) is 9.50. The summed E-state index contributed by atoms with van der Waals surface area (Å²) in [5.41, 5.74) is 9.62. The van der Waals surface area contributed by atoms with E-state index in [1.54, 1.807) is 12.4 Å². The van der Waals surface area contributed by atoms with Gasteiger partial charge in [0.1, 0.15) is 0 Å². The largest absolute Gasteiger partial charge is 0.377 e. The Bertz CT molecular complexity index is 526. The third-order valence-corrected chi connectivity index (χ3v) is 3.44. The molecule has 2 aromatic rings. The fourth-order valence-corrected chi connectivity index (χ4v) is 2.14. The molecule has 0 bridgehead atoms. The van der Waals surface area contributed by atoms with Crippen molar-refractivity contribution in [3.63, 3.8) is 0 Å². The number of rotatable bonds is 4. The molecule has 0 aliphatic heterocycles. The summed E-state index contributed by atoms with van der Waals surface area (Å²) in [6.07, 6.45) is 3.59. The predicted molar refractivity (Wildman–Crippen MR) is 84.8 cm³/mol. The van der Waals surface area contributed by atoms with E-state index in [4.69, 9.17) is 5.73 Å². The van der Waals surface area contributed by atoms with Gasteiger partial charge in [-0.2, -0.15) is 0 Å². The molecule has 20 heavy (non-hydrogen) atoms. The predicted octanol–water partition coefficient (Wildman–Crippen LogP) is 3.49. The summed E-state index contributed by atoms with van der Waals surface area (Å²) in [6.45, 7) is 7.20. The molecule has 1 atom stereocenters. The fourth-order valence-electron chi connectivity index (χ4n) is 2.14. The second kappa shape index (κ2) is 6.06. The minimum absolute atomic E-state index is 0.110. The lowest BCUT2D eigenvalue weighted by Crippen LogP contribution is -2.20. The zero-order chi connectivity index (χ0) is 14.6.